The molecule has 2 atom stereocenters. The molecule has 0 amide bonds. The van der Waals surface area contributed by atoms with Crippen molar-refractivity contribution >= 4 is 9.84 Å². The van der Waals surface area contributed by atoms with Crippen LogP contribution < -0.4 is 5.32 Å². The summed E-state index contributed by atoms with van der Waals surface area (Å²) in [4.78, 5) is 0. The van der Waals surface area contributed by atoms with Gasteiger partial charge in [0.25, 0.3) is 0 Å². The van der Waals surface area contributed by atoms with Crippen LogP contribution >= 0.6 is 0 Å². The van der Waals surface area contributed by atoms with Gasteiger partial charge in [-0.15, -0.1) is 0 Å². The van der Waals surface area contributed by atoms with E-state index >= 15 is 0 Å². The average molecular weight is 283 g/mol. The van der Waals surface area contributed by atoms with Gasteiger partial charge in [-0.05, 0) is 39.8 Å². The first-order valence-electron chi connectivity index (χ1n) is 6.76. The Morgan fingerprint density at radius 3 is 2.11 bits per heavy atom. The Kier molecular flexibility index (Phi) is 5.56. The van der Waals surface area contributed by atoms with Crippen molar-refractivity contribution in [3.05, 3.63) is 34.9 Å². The Bertz CT molecular complexity index is 499. The summed E-state index contributed by atoms with van der Waals surface area (Å²) < 4.78 is 24.9. The molecule has 1 N–H and O–H groups in total. The molecule has 1 rings (SSSR count). The Labute approximate surface area is 117 Å². The first kappa shape index (κ1) is 16.2. The molecule has 0 spiro atoms. The lowest BCUT2D eigenvalue weighted by molar-refractivity contribution is 0.504. The van der Waals surface area contributed by atoms with E-state index in [0.29, 0.717) is 0 Å². The van der Waals surface area contributed by atoms with Crippen LogP contribution in [-0.2, 0) is 15.6 Å². The zero-order chi connectivity index (χ0) is 14.6. The van der Waals surface area contributed by atoms with Crippen molar-refractivity contribution in [2.75, 3.05) is 7.05 Å². The topological polar surface area (TPSA) is 46.2 Å². The van der Waals surface area contributed by atoms with E-state index in [1.165, 1.54) is 0 Å². The highest BCUT2D eigenvalue weighted by Crippen LogP contribution is 2.17. The van der Waals surface area contributed by atoms with Crippen LogP contribution in [0.1, 0.15) is 37.0 Å². The number of hydrogen-bond donors (Lipinski definition) is 1. The molecule has 0 bridgehead atoms. The first-order valence-corrected chi connectivity index (χ1v) is 8.47. The molecule has 0 radical (unpaired) electrons. The van der Waals surface area contributed by atoms with Crippen LogP contribution in [0, 0.1) is 13.8 Å². The fraction of sp³-hybridized carbons (Fsp3) is 0.600. The maximum atomic E-state index is 12.4. The summed E-state index contributed by atoms with van der Waals surface area (Å²) in [5.41, 5.74) is 3.10. The standard InChI is InChI=1S/C15H25NO2S/c1-6-15(16-5)13(4)19(17,18)10-14-8-11(2)7-12(3)9-14/h7-9,13,15-16H,6,10H2,1-5H3. The molecule has 19 heavy (non-hydrogen) atoms. The SMILES string of the molecule is CCC(NC)C(C)S(=O)(=O)Cc1cc(C)cc(C)c1. The van der Waals surface area contributed by atoms with Crippen molar-refractivity contribution in [1.29, 1.82) is 0 Å². The molecular formula is C15H25NO2S. The summed E-state index contributed by atoms with van der Waals surface area (Å²) in [6.07, 6.45) is 0.809. The fourth-order valence-electron chi connectivity index (χ4n) is 2.54. The van der Waals surface area contributed by atoms with Gasteiger partial charge in [0.15, 0.2) is 9.84 Å². The molecule has 0 aromatic heterocycles. The highest BCUT2D eigenvalue weighted by molar-refractivity contribution is 7.91. The van der Waals surface area contributed by atoms with Crippen molar-refractivity contribution in [2.45, 2.75) is 51.2 Å². The predicted molar refractivity (Wildman–Crippen MR) is 81.1 cm³/mol. The highest BCUT2D eigenvalue weighted by atomic mass is 32.2. The van der Waals surface area contributed by atoms with Gasteiger partial charge < -0.3 is 5.32 Å². The molecule has 4 heteroatoms. The Morgan fingerprint density at radius 1 is 1.16 bits per heavy atom. The lowest BCUT2D eigenvalue weighted by Gasteiger charge is -2.22. The number of sulfone groups is 1. The second-order valence-electron chi connectivity index (χ2n) is 5.31. The Morgan fingerprint density at radius 2 is 1.68 bits per heavy atom. The molecule has 0 aliphatic heterocycles. The van der Waals surface area contributed by atoms with Crippen molar-refractivity contribution in [3.8, 4) is 0 Å². The zero-order valence-corrected chi connectivity index (χ0v) is 13.3. The third kappa shape index (κ3) is 4.32. The third-order valence-electron chi connectivity index (χ3n) is 3.59. The number of nitrogens with one attached hydrogen (secondary N) is 1. The maximum Gasteiger partial charge on any atom is 0.158 e. The number of hydrogen-bond acceptors (Lipinski definition) is 3. The van der Waals surface area contributed by atoms with Gasteiger partial charge in [0.05, 0.1) is 11.0 Å². The molecular weight excluding hydrogens is 258 g/mol. The van der Waals surface area contributed by atoms with Crippen molar-refractivity contribution < 1.29 is 8.42 Å². The molecule has 2 unspecified atom stereocenters. The quantitative estimate of drug-likeness (QED) is 0.873. The Balaban J connectivity index is 2.96. The van der Waals surface area contributed by atoms with Gasteiger partial charge in [-0.3, -0.25) is 0 Å². The van der Waals surface area contributed by atoms with Gasteiger partial charge in [0.2, 0.25) is 0 Å². The minimum absolute atomic E-state index is 0.0101. The van der Waals surface area contributed by atoms with E-state index in [0.717, 1.165) is 23.1 Å². The van der Waals surface area contributed by atoms with Crippen LogP contribution in [0.25, 0.3) is 0 Å². The van der Waals surface area contributed by atoms with E-state index < -0.39 is 9.84 Å². The van der Waals surface area contributed by atoms with E-state index in [4.69, 9.17) is 0 Å². The second kappa shape index (κ2) is 6.53. The van der Waals surface area contributed by atoms with Gasteiger partial charge >= 0.3 is 0 Å². The molecule has 0 saturated carbocycles. The molecule has 0 fully saturated rings. The zero-order valence-electron chi connectivity index (χ0n) is 12.5. The maximum absolute atomic E-state index is 12.4. The van der Waals surface area contributed by atoms with Gasteiger partial charge in [-0.1, -0.05) is 36.2 Å². The van der Waals surface area contributed by atoms with Crippen molar-refractivity contribution in [2.24, 2.45) is 0 Å². The lowest BCUT2D eigenvalue weighted by atomic mass is 10.1. The monoisotopic (exact) mass is 283 g/mol. The van der Waals surface area contributed by atoms with Gasteiger partial charge in [-0.2, -0.15) is 0 Å². The summed E-state index contributed by atoms with van der Waals surface area (Å²) in [5, 5.41) is 2.72. The smallest absolute Gasteiger partial charge is 0.158 e. The normalized spacial score (nSPS) is 15.2. The molecule has 0 saturated heterocycles. The van der Waals surface area contributed by atoms with E-state index in [9.17, 15) is 8.42 Å². The summed E-state index contributed by atoms with van der Waals surface area (Å²) >= 11 is 0. The predicted octanol–water partition coefficient (Wildman–Crippen LogP) is 2.60. The molecule has 1 aromatic rings. The van der Waals surface area contributed by atoms with E-state index in [-0.39, 0.29) is 17.0 Å². The van der Waals surface area contributed by atoms with Crippen LogP contribution in [-0.4, -0.2) is 26.8 Å². The van der Waals surface area contributed by atoms with E-state index in [1.54, 1.807) is 6.92 Å². The Hall–Kier alpha value is -0.870. The van der Waals surface area contributed by atoms with Crippen LogP contribution in [0.3, 0.4) is 0 Å². The average Bonchev–Trinajstić information content (AvgIpc) is 2.28. The van der Waals surface area contributed by atoms with Gasteiger partial charge in [0.1, 0.15) is 0 Å². The minimum Gasteiger partial charge on any atom is -0.316 e. The third-order valence-corrected chi connectivity index (χ3v) is 5.79. The van der Waals surface area contributed by atoms with Crippen LogP contribution in [0.4, 0.5) is 0 Å². The van der Waals surface area contributed by atoms with E-state index in [2.05, 4.69) is 11.4 Å². The number of benzene rings is 1. The lowest BCUT2D eigenvalue weighted by Crippen LogP contribution is -2.40. The summed E-state index contributed by atoms with van der Waals surface area (Å²) in [6.45, 7) is 7.79. The molecule has 0 heterocycles. The van der Waals surface area contributed by atoms with E-state index in [1.807, 2.05) is 40.0 Å². The van der Waals surface area contributed by atoms with Crippen molar-refractivity contribution in [1.82, 2.24) is 5.32 Å². The summed E-state index contributed by atoms with van der Waals surface area (Å²) in [6, 6.07) is 5.98. The van der Waals surface area contributed by atoms with Crippen LogP contribution in [0.2, 0.25) is 0 Å². The summed E-state index contributed by atoms with van der Waals surface area (Å²) in [5.74, 6) is 0.120. The van der Waals surface area contributed by atoms with Crippen LogP contribution in [0.5, 0.6) is 0 Å². The minimum atomic E-state index is -3.13. The molecule has 1 aromatic carbocycles. The highest BCUT2D eigenvalue weighted by Gasteiger charge is 2.27. The molecule has 108 valence electrons. The number of aryl methyl sites for hydroxylation is 2. The second-order valence-corrected chi connectivity index (χ2v) is 7.67. The van der Waals surface area contributed by atoms with Gasteiger partial charge in [0, 0.05) is 6.04 Å². The number of rotatable bonds is 6. The first-order chi connectivity index (χ1) is 8.80. The van der Waals surface area contributed by atoms with Crippen LogP contribution in [0.15, 0.2) is 18.2 Å². The van der Waals surface area contributed by atoms with Gasteiger partial charge in [-0.25, -0.2) is 8.42 Å². The van der Waals surface area contributed by atoms with Crippen molar-refractivity contribution in [3.63, 3.8) is 0 Å². The largest absolute Gasteiger partial charge is 0.316 e. The molecule has 3 nitrogen and oxygen atoms in total. The molecule has 0 aliphatic rings. The molecule has 0 aliphatic carbocycles. The fourth-order valence-corrected chi connectivity index (χ4v) is 4.26. The summed E-state index contributed by atoms with van der Waals surface area (Å²) in [7, 11) is -1.32.